The van der Waals surface area contributed by atoms with Gasteiger partial charge in [-0.2, -0.15) is 13.2 Å². The average molecular weight is 456 g/mol. The van der Waals surface area contributed by atoms with E-state index in [0.717, 1.165) is 42.0 Å². The third-order valence-electron chi connectivity index (χ3n) is 6.24. The number of rotatable bonds is 4. The maximum atomic E-state index is 12.9. The van der Waals surface area contributed by atoms with Crippen molar-refractivity contribution < 1.29 is 27.8 Å². The topological polar surface area (TPSA) is 41.9 Å². The zero-order chi connectivity index (χ0) is 22.2. The van der Waals surface area contributed by atoms with Crippen LogP contribution >= 0.6 is 11.6 Å². The fourth-order valence-corrected chi connectivity index (χ4v) is 4.81. The van der Waals surface area contributed by atoms with E-state index in [9.17, 15) is 18.3 Å². The Bertz CT molecular complexity index is 928. The second kappa shape index (κ2) is 8.52. The fraction of sp³-hybridized carbons (Fsp3) is 0.478. The molecule has 4 nitrogen and oxygen atoms in total. The summed E-state index contributed by atoms with van der Waals surface area (Å²) in [6.07, 6.45) is -1.85. The van der Waals surface area contributed by atoms with E-state index in [1.807, 2.05) is 18.2 Å². The molecule has 1 N–H and O–H groups in total. The van der Waals surface area contributed by atoms with Crippen LogP contribution in [0.1, 0.15) is 36.0 Å². The second-order valence-electron chi connectivity index (χ2n) is 8.25. The maximum absolute atomic E-state index is 12.9. The van der Waals surface area contributed by atoms with Gasteiger partial charge in [0.2, 0.25) is 0 Å². The van der Waals surface area contributed by atoms with Crippen molar-refractivity contribution in [2.45, 2.75) is 43.6 Å². The number of hydrogen-bond acceptors (Lipinski definition) is 4. The molecule has 1 atom stereocenters. The monoisotopic (exact) mass is 455 g/mol. The van der Waals surface area contributed by atoms with Crippen LogP contribution < -0.4 is 9.47 Å². The van der Waals surface area contributed by atoms with Crippen LogP contribution in [0.15, 0.2) is 36.4 Å². The van der Waals surface area contributed by atoms with E-state index in [-0.39, 0.29) is 11.1 Å². The van der Waals surface area contributed by atoms with Crippen molar-refractivity contribution >= 4 is 11.6 Å². The highest BCUT2D eigenvalue weighted by molar-refractivity contribution is 6.31. The van der Waals surface area contributed by atoms with E-state index in [1.54, 1.807) is 7.11 Å². The second-order valence-corrected chi connectivity index (χ2v) is 8.66. The number of benzene rings is 2. The summed E-state index contributed by atoms with van der Waals surface area (Å²) in [6.45, 7) is 1.92. The van der Waals surface area contributed by atoms with Crippen molar-refractivity contribution in [1.29, 1.82) is 0 Å². The van der Waals surface area contributed by atoms with Crippen molar-refractivity contribution in [2.24, 2.45) is 0 Å². The number of alkyl halides is 3. The smallest absolute Gasteiger partial charge is 0.416 e. The predicted octanol–water partition coefficient (Wildman–Crippen LogP) is 5.04. The molecule has 2 aliphatic heterocycles. The Morgan fingerprint density at radius 3 is 2.61 bits per heavy atom. The molecule has 31 heavy (non-hydrogen) atoms. The summed E-state index contributed by atoms with van der Waals surface area (Å²) in [5.74, 6) is 1.53. The molecule has 1 fully saturated rings. The molecule has 2 aromatic rings. The number of fused-ring (bicyclic) bond motifs is 1. The van der Waals surface area contributed by atoms with Gasteiger partial charge in [-0.25, -0.2) is 0 Å². The van der Waals surface area contributed by atoms with Gasteiger partial charge in [0.25, 0.3) is 0 Å². The highest BCUT2D eigenvalue weighted by Gasteiger charge is 2.38. The molecule has 1 unspecified atom stereocenters. The molecule has 2 heterocycles. The molecule has 0 amide bonds. The zero-order valence-electron chi connectivity index (χ0n) is 17.2. The van der Waals surface area contributed by atoms with Crippen LogP contribution in [0.25, 0.3) is 0 Å². The van der Waals surface area contributed by atoms with E-state index < -0.39 is 17.3 Å². The first-order valence-corrected chi connectivity index (χ1v) is 10.7. The summed E-state index contributed by atoms with van der Waals surface area (Å²) in [5, 5.41) is 11.0. The molecule has 2 aromatic carbocycles. The minimum absolute atomic E-state index is 0.0182. The largest absolute Gasteiger partial charge is 0.493 e. The van der Waals surface area contributed by atoms with E-state index in [4.69, 9.17) is 21.1 Å². The quantitative estimate of drug-likeness (QED) is 0.701. The van der Waals surface area contributed by atoms with Crippen LogP contribution in [0.2, 0.25) is 5.02 Å². The van der Waals surface area contributed by atoms with Gasteiger partial charge >= 0.3 is 6.18 Å². The van der Waals surface area contributed by atoms with Gasteiger partial charge in [0.15, 0.2) is 11.5 Å². The van der Waals surface area contributed by atoms with Crippen LogP contribution in [0.5, 0.6) is 11.5 Å². The number of piperidine rings is 1. The minimum Gasteiger partial charge on any atom is -0.493 e. The van der Waals surface area contributed by atoms with Crippen LogP contribution in [0.4, 0.5) is 13.2 Å². The van der Waals surface area contributed by atoms with Crippen LogP contribution in [-0.2, 0) is 18.2 Å². The number of likely N-dealkylation sites (tertiary alicyclic amines) is 1. The fourth-order valence-electron chi connectivity index (χ4n) is 4.45. The Labute approximate surface area is 184 Å². The molecule has 0 spiro atoms. The van der Waals surface area contributed by atoms with Crippen molar-refractivity contribution in [3.63, 3.8) is 0 Å². The van der Waals surface area contributed by atoms with E-state index >= 15 is 0 Å². The third kappa shape index (κ3) is 4.64. The van der Waals surface area contributed by atoms with Gasteiger partial charge in [-0.05, 0) is 49.4 Å². The standard InChI is InChI=1S/C23H25ClF3NO3/c1-30-20-4-2-3-15-5-7-17(31-21(15)20)14-28-11-9-22(29,10-12-28)18-8-6-16(13-19(18)24)23(25,26)27/h2-4,6,8,13,17,29H,5,7,9-12,14H2,1H3. The predicted molar refractivity (Wildman–Crippen MR) is 112 cm³/mol. The molecule has 8 heteroatoms. The first-order chi connectivity index (χ1) is 14.7. The van der Waals surface area contributed by atoms with Crippen molar-refractivity contribution in [3.05, 3.63) is 58.1 Å². The number of aryl methyl sites for hydroxylation is 1. The summed E-state index contributed by atoms with van der Waals surface area (Å²) < 4.78 is 50.3. The molecule has 2 aliphatic rings. The Hall–Kier alpha value is -1.96. The van der Waals surface area contributed by atoms with Crippen LogP contribution in [0, 0.1) is 0 Å². The highest BCUT2D eigenvalue weighted by atomic mass is 35.5. The van der Waals surface area contributed by atoms with Gasteiger partial charge in [0, 0.05) is 30.2 Å². The molecule has 0 bridgehead atoms. The van der Waals surface area contributed by atoms with Gasteiger partial charge in [-0.3, -0.25) is 4.90 Å². The number of methoxy groups -OCH3 is 1. The lowest BCUT2D eigenvalue weighted by Gasteiger charge is -2.40. The van der Waals surface area contributed by atoms with Gasteiger partial charge in [0.05, 0.1) is 18.3 Å². The van der Waals surface area contributed by atoms with Gasteiger partial charge in [-0.15, -0.1) is 0 Å². The normalized spacial score (nSPS) is 21.3. The summed E-state index contributed by atoms with van der Waals surface area (Å²) in [6, 6.07) is 9.06. The first-order valence-electron chi connectivity index (χ1n) is 10.3. The van der Waals surface area contributed by atoms with E-state index in [0.29, 0.717) is 38.0 Å². The molecular weight excluding hydrogens is 431 g/mol. The summed E-state index contributed by atoms with van der Waals surface area (Å²) in [4.78, 5) is 2.22. The summed E-state index contributed by atoms with van der Waals surface area (Å²) in [7, 11) is 1.63. The van der Waals surface area contributed by atoms with Crippen molar-refractivity contribution in [3.8, 4) is 11.5 Å². The number of nitrogens with zero attached hydrogens (tertiary/aromatic N) is 1. The van der Waals surface area contributed by atoms with E-state index in [1.165, 1.54) is 6.07 Å². The molecule has 168 valence electrons. The molecule has 0 aliphatic carbocycles. The Morgan fingerprint density at radius 2 is 1.97 bits per heavy atom. The lowest BCUT2D eigenvalue weighted by atomic mass is 9.84. The number of halogens is 4. The SMILES string of the molecule is COc1cccc2c1OC(CN1CCC(O)(c3ccc(C(F)(F)F)cc3Cl)CC1)CC2. The van der Waals surface area contributed by atoms with Crippen molar-refractivity contribution in [2.75, 3.05) is 26.7 Å². The van der Waals surface area contributed by atoms with E-state index in [2.05, 4.69) is 4.90 Å². The van der Waals surface area contributed by atoms with Crippen LogP contribution in [-0.4, -0.2) is 42.9 Å². The van der Waals surface area contributed by atoms with Gasteiger partial charge in [-0.1, -0.05) is 29.8 Å². The maximum Gasteiger partial charge on any atom is 0.416 e. The Balaban J connectivity index is 1.39. The number of ether oxygens (including phenoxy) is 2. The molecule has 4 rings (SSSR count). The third-order valence-corrected chi connectivity index (χ3v) is 6.56. The molecule has 1 saturated heterocycles. The Kier molecular flexibility index (Phi) is 6.12. The van der Waals surface area contributed by atoms with Crippen LogP contribution in [0.3, 0.4) is 0 Å². The number of hydrogen-bond donors (Lipinski definition) is 1. The molecule has 0 radical (unpaired) electrons. The lowest BCUT2D eigenvalue weighted by Crippen LogP contribution is -2.46. The number of aliphatic hydroxyl groups is 1. The summed E-state index contributed by atoms with van der Waals surface area (Å²) in [5.41, 5.74) is -0.552. The Morgan fingerprint density at radius 1 is 1.23 bits per heavy atom. The zero-order valence-corrected chi connectivity index (χ0v) is 18.0. The van der Waals surface area contributed by atoms with Gasteiger partial charge in [0.1, 0.15) is 6.10 Å². The first kappa shape index (κ1) is 22.2. The molecule has 0 saturated carbocycles. The average Bonchev–Trinajstić information content (AvgIpc) is 2.74. The van der Waals surface area contributed by atoms with Crippen molar-refractivity contribution in [1.82, 2.24) is 4.90 Å². The molecule has 0 aromatic heterocycles. The summed E-state index contributed by atoms with van der Waals surface area (Å²) >= 11 is 6.12. The lowest BCUT2D eigenvalue weighted by molar-refractivity contribution is -0.137. The number of para-hydroxylation sites is 1. The highest BCUT2D eigenvalue weighted by Crippen LogP contribution is 2.41. The minimum atomic E-state index is -4.46. The molecular formula is C23H25ClF3NO3. The van der Waals surface area contributed by atoms with Gasteiger partial charge < -0.3 is 14.6 Å².